The number of nitrogens with one attached hydrogen (secondary N) is 1. The minimum absolute atomic E-state index is 0.00802. The summed E-state index contributed by atoms with van der Waals surface area (Å²) in [6, 6.07) is 20.4. The number of ether oxygens (including phenoxy) is 2. The Morgan fingerprint density at radius 2 is 1.88 bits per heavy atom. The van der Waals surface area contributed by atoms with E-state index < -0.39 is 5.91 Å². The molecule has 3 rings (SSSR count). The Hall–Kier alpha value is -3.02. The number of para-hydroxylation sites is 1. The molecule has 168 valence electrons. The molecule has 0 heterocycles. The zero-order valence-corrected chi connectivity index (χ0v) is 21.1. The van der Waals surface area contributed by atoms with E-state index in [9.17, 15) is 10.1 Å². The molecule has 1 N–H and O–H groups in total. The number of aryl methyl sites for hydroxylation is 1. The van der Waals surface area contributed by atoms with Crippen LogP contribution in [0.25, 0.3) is 6.08 Å². The van der Waals surface area contributed by atoms with Crippen LogP contribution in [0.4, 0.5) is 5.69 Å². The lowest BCUT2D eigenvalue weighted by Crippen LogP contribution is -2.14. The van der Waals surface area contributed by atoms with Gasteiger partial charge in [-0.3, -0.25) is 4.79 Å². The number of halogens is 2. The summed E-state index contributed by atoms with van der Waals surface area (Å²) < 4.78 is 12.6. The van der Waals surface area contributed by atoms with Crippen LogP contribution in [0.2, 0.25) is 5.02 Å². The van der Waals surface area contributed by atoms with Gasteiger partial charge in [0.2, 0.25) is 0 Å². The first kappa shape index (κ1) is 24.6. The van der Waals surface area contributed by atoms with Crippen molar-refractivity contribution < 1.29 is 14.3 Å². The highest BCUT2D eigenvalue weighted by molar-refractivity contribution is 14.1. The molecule has 0 aliphatic heterocycles. The van der Waals surface area contributed by atoms with Crippen LogP contribution in [0.15, 0.2) is 66.2 Å². The van der Waals surface area contributed by atoms with Crippen LogP contribution in [-0.4, -0.2) is 12.5 Å². The van der Waals surface area contributed by atoms with Gasteiger partial charge in [0.1, 0.15) is 18.2 Å². The fraction of sp³-hybridized carbons (Fsp3) is 0.154. The van der Waals surface area contributed by atoms with Gasteiger partial charge in [0.05, 0.1) is 10.2 Å². The van der Waals surface area contributed by atoms with Crippen LogP contribution in [0.1, 0.15) is 23.6 Å². The number of nitriles is 1. The van der Waals surface area contributed by atoms with E-state index in [0.29, 0.717) is 41.0 Å². The van der Waals surface area contributed by atoms with E-state index in [1.807, 2.05) is 68.4 Å². The molecular weight excluding hydrogens is 551 g/mol. The Balaban J connectivity index is 1.85. The Morgan fingerprint density at radius 1 is 1.15 bits per heavy atom. The Morgan fingerprint density at radius 3 is 2.55 bits per heavy atom. The third-order valence-electron chi connectivity index (χ3n) is 4.70. The lowest BCUT2D eigenvalue weighted by molar-refractivity contribution is -0.112. The fourth-order valence-corrected chi connectivity index (χ4v) is 3.94. The van der Waals surface area contributed by atoms with Crippen molar-refractivity contribution in [2.24, 2.45) is 0 Å². The quantitative estimate of drug-likeness (QED) is 0.184. The van der Waals surface area contributed by atoms with Crippen molar-refractivity contribution in [2.45, 2.75) is 20.5 Å². The van der Waals surface area contributed by atoms with Crippen molar-refractivity contribution in [3.05, 3.63) is 91.5 Å². The topological polar surface area (TPSA) is 71.3 Å². The summed E-state index contributed by atoms with van der Waals surface area (Å²) in [6.45, 7) is 4.57. The van der Waals surface area contributed by atoms with Crippen LogP contribution >= 0.6 is 34.2 Å². The van der Waals surface area contributed by atoms with Crippen molar-refractivity contribution in [3.8, 4) is 17.6 Å². The van der Waals surface area contributed by atoms with Crippen LogP contribution in [0, 0.1) is 21.8 Å². The number of nitrogens with zero attached hydrogens (tertiary/aromatic N) is 1. The molecule has 3 aromatic carbocycles. The van der Waals surface area contributed by atoms with Gasteiger partial charge in [-0.2, -0.15) is 5.26 Å². The molecule has 0 atom stereocenters. The molecule has 33 heavy (non-hydrogen) atoms. The maximum absolute atomic E-state index is 12.7. The van der Waals surface area contributed by atoms with E-state index in [1.165, 1.54) is 0 Å². The second-order valence-electron chi connectivity index (χ2n) is 7.12. The maximum Gasteiger partial charge on any atom is 0.266 e. The molecule has 0 saturated heterocycles. The summed E-state index contributed by atoms with van der Waals surface area (Å²) in [5.74, 6) is 0.677. The zero-order chi connectivity index (χ0) is 23.8. The van der Waals surface area contributed by atoms with Crippen molar-refractivity contribution in [1.82, 2.24) is 0 Å². The first-order valence-corrected chi connectivity index (χ1v) is 11.7. The number of hydrogen-bond donors (Lipinski definition) is 1. The molecule has 0 fully saturated rings. The lowest BCUT2D eigenvalue weighted by Gasteiger charge is -2.15. The minimum atomic E-state index is -0.470. The summed E-state index contributed by atoms with van der Waals surface area (Å²) in [5, 5.41) is 13.0. The molecule has 1 amide bonds. The molecule has 0 aliphatic carbocycles. The molecule has 0 aliphatic rings. The highest BCUT2D eigenvalue weighted by Gasteiger charge is 2.15. The SMILES string of the molecule is CCOc1cc(/C=C(/C#N)C(=O)Nc2ccccc2C)cc(I)c1OCc1ccc(Cl)cc1. The highest BCUT2D eigenvalue weighted by atomic mass is 127. The monoisotopic (exact) mass is 572 g/mol. The molecule has 3 aromatic rings. The normalized spacial score (nSPS) is 10.9. The largest absolute Gasteiger partial charge is 0.490 e. The molecule has 7 heteroatoms. The number of anilines is 1. The lowest BCUT2D eigenvalue weighted by atomic mass is 10.1. The van der Waals surface area contributed by atoms with Crippen LogP contribution in [0.3, 0.4) is 0 Å². The van der Waals surface area contributed by atoms with Crippen molar-refractivity contribution in [3.63, 3.8) is 0 Å². The molecule has 0 saturated carbocycles. The predicted molar refractivity (Wildman–Crippen MR) is 140 cm³/mol. The number of carbonyl (C=O) groups excluding carboxylic acids is 1. The summed E-state index contributed by atoms with van der Waals surface area (Å²) in [6.07, 6.45) is 1.54. The average Bonchev–Trinajstić information content (AvgIpc) is 2.79. The molecule has 0 bridgehead atoms. The van der Waals surface area contributed by atoms with Gasteiger partial charge in [0, 0.05) is 10.7 Å². The third-order valence-corrected chi connectivity index (χ3v) is 5.75. The van der Waals surface area contributed by atoms with Crippen LogP contribution < -0.4 is 14.8 Å². The summed E-state index contributed by atoms with van der Waals surface area (Å²) in [7, 11) is 0. The van der Waals surface area contributed by atoms with Crippen LogP contribution in [0.5, 0.6) is 11.5 Å². The number of amides is 1. The van der Waals surface area contributed by atoms with Gasteiger partial charge in [-0.15, -0.1) is 0 Å². The first-order chi connectivity index (χ1) is 15.9. The van der Waals surface area contributed by atoms with Gasteiger partial charge in [-0.1, -0.05) is 41.9 Å². The molecule has 0 radical (unpaired) electrons. The van der Waals surface area contributed by atoms with E-state index in [1.54, 1.807) is 18.2 Å². The van der Waals surface area contributed by atoms with Gasteiger partial charge in [0.15, 0.2) is 11.5 Å². The second-order valence-corrected chi connectivity index (χ2v) is 8.72. The second kappa shape index (κ2) is 11.7. The third kappa shape index (κ3) is 6.73. The number of rotatable bonds is 8. The summed E-state index contributed by atoms with van der Waals surface area (Å²) >= 11 is 8.11. The molecule has 0 spiro atoms. The van der Waals surface area contributed by atoms with Crippen molar-refractivity contribution in [1.29, 1.82) is 5.26 Å². The van der Waals surface area contributed by atoms with E-state index in [2.05, 4.69) is 27.9 Å². The van der Waals surface area contributed by atoms with E-state index in [-0.39, 0.29) is 5.57 Å². The summed E-state index contributed by atoms with van der Waals surface area (Å²) in [4.78, 5) is 12.7. The minimum Gasteiger partial charge on any atom is -0.490 e. The van der Waals surface area contributed by atoms with Crippen molar-refractivity contribution >= 4 is 51.9 Å². The first-order valence-electron chi connectivity index (χ1n) is 10.2. The summed E-state index contributed by atoms with van der Waals surface area (Å²) in [5.41, 5.74) is 3.21. The standard InChI is InChI=1S/C26H22ClIN2O3/c1-3-32-24-14-19(12-20(15-29)26(31)30-23-7-5-4-6-17(23)2)13-22(28)25(24)33-16-18-8-10-21(27)11-9-18/h4-14H,3,16H2,1-2H3,(H,30,31)/b20-12-. The molecule has 0 aromatic heterocycles. The van der Waals surface area contributed by atoms with Crippen molar-refractivity contribution in [2.75, 3.05) is 11.9 Å². The molecule has 5 nitrogen and oxygen atoms in total. The van der Waals surface area contributed by atoms with Gasteiger partial charge in [0.25, 0.3) is 5.91 Å². The van der Waals surface area contributed by atoms with E-state index in [0.717, 1.165) is 14.7 Å². The Bertz CT molecular complexity index is 1220. The van der Waals surface area contributed by atoms with Gasteiger partial charge < -0.3 is 14.8 Å². The smallest absolute Gasteiger partial charge is 0.266 e. The number of hydrogen-bond acceptors (Lipinski definition) is 4. The number of carbonyl (C=O) groups is 1. The highest BCUT2D eigenvalue weighted by Crippen LogP contribution is 2.35. The molecular formula is C26H22ClIN2O3. The predicted octanol–water partition coefficient (Wildman–Crippen LogP) is 6.78. The van der Waals surface area contributed by atoms with Gasteiger partial charge >= 0.3 is 0 Å². The fourth-order valence-electron chi connectivity index (χ4n) is 3.03. The molecule has 0 unspecified atom stereocenters. The Kier molecular flexibility index (Phi) is 8.75. The van der Waals surface area contributed by atoms with Gasteiger partial charge in [-0.25, -0.2) is 0 Å². The maximum atomic E-state index is 12.7. The zero-order valence-electron chi connectivity index (χ0n) is 18.2. The van der Waals surface area contributed by atoms with E-state index in [4.69, 9.17) is 21.1 Å². The van der Waals surface area contributed by atoms with E-state index >= 15 is 0 Å². The average molecular weight is 573 g/mol. The van der Waals surface area contributed by atoms with Crippen LogP contribution in [-0.2, 0) is 11.4 Å². The number of benzene rings is 3. The Labute approximate surface area is 212 Å². The van der Waals surface area contributed by atoms with Gasteiger partial charge in [-0.05, 0) is 89.5 Å².